The summed E-state index contributed by atoms with van der Waals surface area (Å²) in [5.41, 5.74) is 5.99. The van der Waals surface area contributed by atoms with Crippen molar-refractivity contribution >= 4 is 15.7 Å². The summed E-state index contributed by atoms with van der Waals surface area (Å²) in [6.07, 6.45) is 0. The highest BCUT2D eigenvalue weighted by atomic mass is 32.2. The summed E-state index contributed by atoms with van der Waals surface area (Å²) < 4.78 is 37.1. The molecule has 8 heteroatoms. The van der Waals surface area contributed by atoms with Crippen LogP contribution in [0.5, 0.6) is 11.5 Å². The van der Waals surface area contributed by atoms with Crippen LogP contribution in [0.3, 0.4) is 0 Å². The van der Waals surface area contributed by atoms with Gasteiger partial charge < -0.3 is 20.1 Å². The number of rotatable bonds is 7. The minimum Gasteiger partial charge on any atom is -0.495 e. The van der Waals surface area contributed by atoms with Gasteiger partial charge in [0, 0.05) is 19.2 Å². The number of likely N-dealkylation sites (N-methyl/N-ethyl adjacent to an activating group) is 1. The fourth-order valence-corrected chi connectivity index (χ4v) is 2.79. The van der Waals surface area contributed by atoms with Crippen molar-refractivity contribution in [3.05, 3.63) is 12.1 Å². The van der Waals surface area contributed by atoms with E-state index in [4.69, 9.17) is 15.2 Å². The Bertz CT molecular complexity index is 558. The van der Waals surface area contributed by atoms with Gasteiger partial charge in [-0.2, -0.15) is 0 Å². The second-order valence-electron chi connectivity index (χ2n) is 4.45. The molecule has 0 amide bonds. The third-order valence-electron chi connectivity index (χ3n) is 2.66. The molecule has 0 radical (unpaired) electrons. The molecular weight excluding hydrogens is 282 g/mol. The molecule has 114 valence electrons. The maximum Gasteiger partial charge on any atom is 0.244 e. The van der Waals surface area contributed by atoms with Gasteiger partial charge in [0.1, 0.15) is 16.4 Å². The Morgan fingerprint density at radius 2 is 1.80 bits per heavy atom. The van der Waals surface area contributed by atoms with Crippen LogP contribution in [0.15, 0.2) is 17.0 Å². The van der Waals surface area contributed by atoms with Crippen molar-refractivity contribution in [2.24, 2.45) is 0 Å². The predicted molar refractivity (Wildman–Crippen MR) is 77.7 cm³/mol. The van der Waals surface area contributed by atoms with Crippen molar-refractivity contribution in [3.8, 4) is 11.5 Å². The van der Waals surface area contributed by atoms with E-state index in [2.05, 4.69) is 4.72 Å². The van der Waals surface area contributed by atoms with Gasteiger partial charge in [-0.3, -0.25) is 0 Å². The Morgan fingerprint density at radius 3 is 2.30 bits per heavy atom. The number of nitrogens with one attached hydrogen (secondary N) is 1. The zero-order valence-electron chi connectivity index (χ0n) is 12.1. The number of methoxy groups -OCH3 is 2. The molecule has 0 spiro atoms. The molecule has 3 N–H and O–H groups in total. The average molecular weight is 303 g/mol. The Morgan fingerprint density at radius 1 is 1.20 bits per heavy atom. The van der Waals surface area contributed by atoms with Crippen LogP contribution < -0.4 is 19.9 Å². The fourth-order valence-electron chi connectivity index (χ4n) is 1.58. The summed E-state index contributed by atoms with van der Waals surface area (Å²) in [6, 6.07) is 2.78. The SMILES string of the molecule is COc1cc(OC)c(S(=O)(=O)NCCN(C)C)cc1N. The van der Waals surface area contributed by atoms with Gasteiger partial charge in [0.05, 0.1) is 19.9 Å². The molecule has 1 aromatic carbocycles. The Kier molecular flexibility index (Phi) is 5.61. The van der Waals surface area contributed by atoms with E-state index in [0.29, 0.717) is 18.8 Å². The lowest BCUT2D eigenvalue weighted by Gasteiger charge is -2.15. The first kappa shape index (κ1) is 16.5. The van der Waals surface area contributed by atoms with Gasteiger partial charge in [-0.1, -0.05) is 0 Å². The van der Waals surface area contributed by atoms with E-state index in [-0.39, 0.29) is 16.3 Å². The second kappa shape index (κ2) is 6.78. The molecule has 0 aliphatic carbocycles. The van der Waals surface area contributed by atoms with Gasteiger partial charge in [-0.05, 0) is 20.2 Å². The van der Waals surface area contributed by atoms with E-state index in [1.54, 1.807) is 0 Å². The van der Waals surface area contributed by atoms with Crippen LogP contribution in [0.1, 0.15) is 0 Å². The van der Waals surface area contributed by atoms with Crippen LogP contribution >= 0.6 is 0 Å². The number of nitrogens with two attached hydrogens (primary N) is 1. The Hall–Kier alpha value is -1.51. The largest absolute Gasteiger partial charge is 0.495 e. The van der Waals surface area contributed by atoms with Crippen LogP contribution in [0, 0.1) is 0 Å². The predicted octanol–water partition coefficient (Wildman–Crippen LogP) is 0.126. The molecule has 0 aliphatic heterocycles. The molecule has 1 aromatic rings. The topological polar surface area (TPSA) is 93.9 Å². The average Bonchev–Trinajstić information content (AvgIpc) is 2.37. The van der Waals surface area contributed by atoms with Gasteiger partial charge in [0.25, 0.3) is 0 Å². The van der Waals surface area contributed by atoms with E-state index >= 15 is 0 Å². The minimum absolute atomic E-state index is 0.00273. The Labute approximate surface area is 119 Å². The van der Waals surface area contributed by atoms with Crippen molar-refractivity contribution in [3.63, 3.8) is 0 Å². The van der Waals surface area contributed by atoms with E-state index in [1.807, 2.05) is 19.0 Å². The molecule has 7 nitrogen and oxygen atoms in total. The lowest BCUT2D eigenvalue weighted by atomic mass is 10.3. The number of nitrogens with zero attached hydrogens (tertiary/aromatic N) is 1. The fraction of sp³-hybridized carbons (Fsp3) is 0.500. The number of sulfonamides is 1. The van der Waals surface area contributed by atoms with Crippen LogP contribution in [-0.4, -0.2) is 54.7 Å². The maximum absolute atomic E-state index is 12.2. The third kappa shape index (κ3) is 3.99. The molecule has 0 saturated heterocycles. The second-order valence-corrected chi connectivity index (χ2v) is 6.18. The number of nitrogen functional groups attached to an aromatic ring is 1. The smallest absolute Gasteiger partial charge is 0.244 e. The molecule has 20 heavy (non-hydrogen) atoms. The van der Waals surface area contributed by atoms with Crippen molar-refractivity contribution in [2.75, 3.05) is 47.1 Å². The van der Waals surface area contributed by atoms with Crippen LogP contribution in [0.4, 0.5) is 5.69 Å². The first-order valence-electron chi connectivity index (χ1n) is 5.97. The molecule has 0 aliphatic rings. The molecule has 0 bridgehead atoms. The summed E-state index contributed by atoms with van der Waals surface area (Å²) in [4.78, 5) is 1.87. The number of ether oxygens (including phenoxy) is 2. The standard InChI is InChI=1S/C12H21N3O4S/c1-15(2)6-5-14-20(16,17)12-7-9(13)10(18-3)8-11(12)19-4/h7-8,14H,5-6,13H2,1-4H3. The van der Waals surface area contributed by atoms with Gasteiger partial charge in [0.15, 0.2) is 0 Å². The monoisotopic (exact) mass is 303 g/mol. The summed E-state index contributed by atoms with van der Waals surface area (Å²) >= 11 is 0. The van der Waals surface area contributed by atoms with E-state index < -0.39 is 10.0 Å². The summed E-state index contributed by atoms with van der Waals surface area (Å²) in [5.74, 6) is 0.558. The number of benzene rings is 1. The number of hydrogen-bond donors (Lipinski definition) is 2. The zero-order valence-corrected chi connectivity index (χ0v) is 13.0. The first-order valence-corrected chi connectivity index (χ1v) is 7.46. The molecule has 0 fully saturated rings. The molecule has 0 unspecified atom stereocenters. The zero-order chi connectivity index (χ0) is 15.3. The van der Waals surface area contributed by atoms with Crippen molar-refractivity contribution in [2.45, 2.75) is 4.90 Å². The van der Waals surface area contributed by atoms with Gasteiger partial charge in [-0.15, -0.1) is 0 Å². The quantitative estimate of drug-likeness (QED) is 0.695. The van der Waals surface area contributed by atoms with Crippen LogP contribution in [0.2, 0.25) is 0 Å². The van der Waals surface area contributed by atoms with E-state index in [9.17, 15) is 8.42 Å². The van der Waals surface area contributed by atoms with E-state index in [1.165, 1.54) is 26.4 Å². The molecule has 0 aromatic heterocycles. The molecular formula is C12H21N3O4S. The highest BCUT2D eigenvalue weighted by Crippen LogP contribution is 2.33. The normalized spacial score (nSPS) is 11.7. The van der Waals surface area contributed by atoms with Gasteiger partial charge >= 0.3 is 0 Å². The summed E-state index contributed by atoms with van der Waals surface area (Å²) in [5, 5.41) is 0. The molecule has 0 heterocycles. The van der Waals surface area contributed by atoms with Crippen molar-refractivity contribution < 1.29 is 17.9 Å². The Balaban J connectivity index is 3.08. The minimum atomic E-state index is -3.68. The lowest BCUT2D eigenvalue weighted by Crippen LogP contribution is -2.31. The highest BCUT2D eigenvalue weighted by molar-refractivity contribution is 7.89. The van der Waals surface area contributed by atoms with Crippen LogP contribution in [-0.2, 0) is 10.0 Å². The van der Waals surface area contributed by atoms with E-state index in [0.717, 1.165) is 0 Å². The number of anilines is 1. The lowest BCUT2D eigenvalue weighted by molar-refractivity contribution is 0.386. The summed E-state index contributed by atoms with van der Waals surface area (Å²) in [7, 11) is 2.88. The molecule has 0 atom stereocenters. The molecule has 1 rings (SSSR count). The number of hydrogen-bond acceptors (Lipinski definition) is 6. The maximum atomic E-state index is 12.2. The van der Waals surface area contributed by atoms with Crippen LogP contribution in [0.25, 0.3) is 0 Å². The van der Waals surface area contributed by atoms with Gasteiger partial charge in [0.2, 0.25) is 10.0 Å². The third-order valence-corrected chi connectivity index (χ3v) is 4.14. The summed E-state index contributed by atoms with van der Waals surface area (Å²) in [6.45, 7) is 0.887. The first-order chi connectivity index (χ1) is 9.31. The molecule has 0 saturated carbocycles. The van der Waals surface area contributed by atoms with Crippen molar-refractivity contribution in [1.82, 2.24) is 9.62 Å². The highest BCUT2D eigenvalue weighted by Gasteiger charge is 2.21. The van der Waals surface area contributed by atoms with Gasteiger partial charge in [-0.25, -0.2) is 13.1 Å². The van der Waals surface area contributed by atoms with Crippen molar-refractivity contribution in [1.29, 1.82) is 0 Å².